The lowest BCUT2D eigenvalue weighted by Gasteiger charge is -2.32. The normalized spacial score (nSPS) is 18.4. The number of nitrogens with one attached hydrogen (secondary N) is 2. The summed E-state index contributed by atoms with van der Waals surface area (Å²) >= 11 is 0. The average Bonchev–Trinajstić information content (AvgIpc) is 2.52. The Morgan fingerprint density at radius 3 is 2.50 bits per heavy atom. The van der Waals surface area contributed by atoms with Crippen molar-refractivity contribution in [3.8, 4) is 0 Å². The molecule has 1 rings (SSSR count). The zero-order chi connectivity index (χ0) is 18.3. The zero-order valence-corrected chi connectivity index (χ0v) is 15.2. The predicted molar refractivity (Wildman–Crippen MR) is 91.6 cm³/mol. The van der Waals surface area contributed by atoms with Gasteiger partial charge in [0.25, 0.3) is 0 Å². The number of urea groups is 1. The molecule has 0 aromatic heterocycles. The molecule has 1 unspecified atom stereocenters. The van der Waals surface area contributed by atoms with Gasteiger partial charge in [0.15, 0.2) is 0 Å². The van der Waals surface area contributed by atoms with Crippen LogP contribution in [0, 0.1) is 17.3 Å². The van der Waals surface area contributed by atoms with E-state index < -0.39 is 11.4 Å². The Morgan fingerprint density at radius 1 is 1.25 bits per heavy atom. The van der Waals surface area contributed by atoms with Crippen LogP contribution in [0.5, 0.6) is 0 Å². The maximum Gasteiger partial charge on any atom is 0.317 e. The fourth-order valence-corrected chi connectivity index (χ4v) is 2.53. The van der Waals surface area contributed by atoms with Crippen molar-refractivity contribution >= 4 is 17.9 Å². The number of rotatable bonds is 7. The highest BCUT2D eigenvalue weighted by molar-refractivity contribution is 5.81. The number of aliphatic carboxylic acids is 1. The molecule has 0 saturated carbocycles. The molecule has 24 heavy (non-hydrogen) atoms. The van der Waals surface area contributed by atoms with E-state index in [0.717, 1.165) is 12.8 Å². The van der Waals surface area contributed by atoms with Crippen LogP contribution < -0.4 is 10.6 Å². The summed E-state index contributed by atoms with van der Waals surface area (Å²) < 4.78 is 0. The van der Waals surface area contributed by atoms with Gasteiger partial charge in [-0.3, -0.25) is 9.59 Å². The number of carboxylic acid groups (broad SMARTS) is 1. The second-order valence-electron chi connectivity index (χ2n) is 7.60. The van der Waals surface area contributed by atoms with Crippen molar-refractivity contribution in [1.29, 1.82) is 0 Å². The number of likely N-dealkylation sites (tertiary alicyclic amines) is 1. The molecule has 0 aromatic carbocycles. The molecule has 0 bridgehead atoms. The van der Waals surface area contributed by atoms with Crippen molar-refractivity contribution in [3.05, 3.63) is 0 Å². The molecule has 7 nitrogen and oxygen atoms in total. The van der Waals surface area contributed by atoms with Crippen LogP contribution in [0.1, 0.15) is 47.0 Å². The Labute approximate surface area is 144 Å². The lowest BCUT2D eigenvalue weighted by atomic mass is 9.89. The molecular weight excluding hydrogens is 310 g/mol. The first-order valence-electron chi connectivity index (χ1n) is 8.67. The van der Waals surface area contributed by atoms with E-state index in [2.05, 4.69) is 10.6 Å². The van der Waals surface area contributed by atoms with E-state index in [-0.39, 0.29) is 17.9 Å². The Hall–Kier alpha value is -1.79. The van der Waals surface area contributed by atoms with Gasteiger partial charge in [0.05, 0.1) is 11.3 Å². The molecule has 1 aliphatic rings. The van der Waals surface area contributed by atoms with Crippen LogP contribution in [-0.4, -0.2) is 54.1 Å². The fourth-order valence-electron chi connectivity index (χ4n) is 2.53. The first-order chi connectivity index (χ1) is 11.1. The second kappa shape index (κ2) is 8.89. The molecule has 1 fully saturated rings. The molecule has 1 heterocycles. The van der Waals surface area contributed by atoms with E-state index in [1.807, 2.05) is 13.8 Å². The summed E-state index contributed by atoms with van der Waals surface area (Å²) in [6, 6.07) is -0.117. The Balaban J connectivity index is 2.42. The lowest BCUT2D eigenvalue weighted by molar-refractivity contribution is -0.147. The van der Waals surface area contributed by atoms with Gasteiger partial charge in [-0.15, -0.1) is 0 Å². The third-order valence-corrected chi connectivity index (χ3v) is 4.37. The predicted octanol–water partition coefficient (Wildman–Crippen LogP) is 1.68. The van der Waals surface area contributed by atoms with Gasteiger partial charge in [-0.1, -0.05) is 13.8 Å². The molecule has 0 aromatic rings. The number of hydrogen-bond acceptors (Lipinski definition) is 3. The van der Waals surface area contributed by atoms with Crippen LogP contribution in [0.15, 0.2) is 0 Å². The highest BCUT2D eigenvalue weighted by atomic mass is 16.4. The van der Waals surface area contributed by atoms with E-state index in [1.54, 1.807) is 18.7 Å². The third kappa shape index (κ3) is 6.37. The molecule has 7 heteroatoms. The largest absolute Gasteiger partial charge is 0.481 e. The van der Waals surface area contributed by atoms with E-state index >= 15 is 0 Å². The molecule has 138 valence electrons. The van der Waals surface area contributed by atoms with Gasteiger partial charge in [0, 0.05) is 26.2 Å². The summed E-state index contributed by atoms with van der Waals surface area (Å²) in [7, 11) is 0. The van der Waals surface area contributed by atoms with Crippen molar-refractivity contribution < 1.29 is 19.5 Å². The van der Waals surface area contributed by atoms with Crippen LogP contribution >= 0.6 is 0 Å². The summed E-state index contributed by atoms with van der Waals surface area (Å²) in [5.74, 6) is -0.813. The van der Waals surface area contributed by atoms with Crippen molar-refractivity contribution in [2.75, 3.05) is 26.2 Å². The van der Waals surface area contributed by atoms with Crippen molar-refractivity contribution in [2.24, 2.45) is 17.3 Å². The average molecular weight is 341 g/mol. The number of carboxylic acids is 1. The molecule has 1 atom stereocenters. The third-order valence-electron chi connectivity index (χ3n) is 4.37. The van der Waals surface area contributed by atoms with Gasteiger partial charge in [-0.05, 0) is 39.0 Å². The number of piperidine rings is 1. The maximum atomic E-state index is 12.3. The quantitative estimate of drug-likeness (QED) is 0.656. The van der Waals surface area contributed by atoms with Gasteiger partial charge >= 0.3 is 12.0 Å². The van der Waals surface area contributed by atoms with Crippen LogP contribution in [0.3, 0.4) is 0 Å². The van der Waals surface area contributed by atoms with Gasteiger partial charge in [0.1, 0.15) is 0 Å². The van der Waals surface area contributed by atoms with E-state index in [0.29, 0.717) is 38.5 Å². The summed E-state index contributed by atoms with van der Waals surface area (Å²) in [5, 5.41) is 14.8. The minimum atomic E-state index is -0.873. The monoisotopic (exact) mass is 341 g/mol. The summed E-state index contributed by atoms with van der Waals surface area (Å²) in [5.41, 5.74) is -0.859. The number of hydrogen-bond donors (Lipinski definition) is 3. The Kier molecular flexibility index (Phi) is 7.51. The minimum Gasteiger partial charge on any atom is -0.481 e. The van der Waals surface area contributed by atoms with Crippen molar-refractivity contribution in [3.63, 3.8) is 0 Å². The van der Waals surface area contributed by atoms with Crippen LogP contribution in [-0.2, 0) is 9.59 Å². The second-order valence-corrected chi connectivity index (χ2v) is 7.60. The zero-order valence-electron chi connectivity index (χ0n) is 15.2. The van der Waals surface area contributed by atoms with Crippen LogP contribution in [0.25, 0.3) is 0 Å². The highest BCUT2D eigenvalue weighted by Crippen LogP contribution is 2.20. The molecule has 1 saturated heterocycles. The highest BCUT2D eigenvalue weighted by Gasteiger charge is 2.30. The Bertz CT molecular complexity index is 463. The van der Waals surface area contributed by atoms with Crippen LogP contribution in [0.2, 0.25) is 0 Å². The van der Waals surface area contributed by atoms with Gasteiger partial charge in [-0.2, -0.15) is 0 Å². The smallest absolute Gasteiger partial charge is 0.317 e. The molecule has 0 spiro atoms. The topological polar surface area (TPSA) is 98.7 Å². The van der Waals surface area contributed by atoms with Gasteiger partial charge in [0.2, 0.25) is 5.91 Å². The van der Waals surface area contributed by atoms with E-state index in [9.17, 15) is 14.4 Å². The lowest BCUT2D eigenvalue weighted by Crippen LogP contribution is -2.49. The van der Waals surface area contributed by atoms with Gasteiger partial charge in [-0.25, -0.2) is 4.79 Å². The molecule has 0 radical (unpaired) electrons. The summed E-state index contributed by atoms with van der Waals surface area (Å²) in [4.78, 5) is 37.1. The van der Waals surface area contributed by atoms with Crippen molar-refractivity contribution in [1.82, 2.24) is 15.5 Å². The molecule has 1 aliphatic heterocycles. The number of carbonyl (C=O) groups is 3. The van der Waals surface area contributed by atoms with Crippen molar-refractivity contribution in [2.45, 2.75) is 47.0 Å². The molecular formula is C17H31N3O4. The SMILES string of the molecule is CC(C)CNC(=O)N1CCCC(C(=O)NCCC(C)(C)C(=O)O)C1. The fraction of sp³-hybridized carbons (Fsp3) is 0.824. The number of amides is 3. The molecule has 3 N–H and O–H groups in total. The Morgan fingerprint density at radius 2 is 1.92 bits per heavy atom. The van der Waals surface area contributed by atoms with E-state index in [1.165, 1.54) is 0 Å². The summed E-state index contributed by atoms with van der Waals surface area (Å²) in [6.07, 6.45) is 1.93. The first-order valence-corrected chi connectivity index (χ1v) is 8.67. The minimum absolute atomic E-state index is 0.0995. The number of nitrogens with zero attached hydrogens (tertiary/aromatic N) is 1. The van der Waals surface area contributed by atoms with Gasteiger partial charge < -0.3 is 20.6 Å². The standard InChI is InChI=1S/C17H31N3O4/c1-12(2)10-19-16(24)20-9-5-6-13(11-20)14(21)18-8-7-17(3,4)15(22)23/h12-13H,5-11H2,1-4H3,(H,18,21)(H,19,24)(H,22,23). The van der Waals surface area contributed by atoms with E-state index in [4.69, 9.17) is 5.11 Å². The molecule has 3 amide bonds. The maximum absolute atomic E-state index is 12.3. The summed E-state index contributed by atoms with van der Waals surface area (Å²) in [6.45, 7) is 9.38. The van der Waals surface area contributed by atoms with Crippen LogP contribution in [0.4, 0.5) is 4.79 Å². The molecule has 0 aliphatic carbocycles. The number of carbonyl (C=O) groups excluding carboxylic acids is 2. The first kappa shape index (κ1) is 20.3.